The molecule has 1 N–H and O–H groups in total. The summed E-state index contributed by atoms with van der Waals surface area (Å²) in [7, 11) is 0. The van der Waals surface area contributed by atoms with Crippen LogP contribution in [-0.4, -0.2) is 20.0 Å². The van der Waals surface area contributed by atoms with E-state index < -0.39 is 21.5 Å². The molecule has 1 atom stereocenters. The lowest BCUT2D eigenvalue weighted by molar-refractivity contribution is -0.137. The Labute approximate surface area is 195 Å². The van der Waals surface area contributed by atoms with Gasteiger partial charge in [-0.25, -0.2) is 4.68 Å². The van der Waals surface area contributed by atoms with Crippen molar-refractivity contribution in [3.05, 3.63) is 39.0 Å². The molecule has 1 heterocycles. The van der Waals surface area contributed by atoms with Crippen LogP contribution in [0.15, 0.2) is 12.1 Å². The second-order valence-electron chi connectivity index (χ2n) is 7.86. The van der Waals surface area contributed by atoms with E-state index in [0.717, 1.165) is 4.68 Å². The number of nitrogens with one attached hydrogen (secondary N) is 1. The number of hydrogen-bond donors (Lipinski definition) is 1. The van der Waals surface area contributed by atoms with Gasteiger partial charge in [-0.1, -0.05) is 30.1 Å². The molecule has 0 aliphatic heterocycles. The van der Waals surface area contributed by atoms with Gasteiger partial charge in [0, 0.05) is 11.3 Å². The lowest BCUT2D eigenvalue weighted by Gasteiger charge is -2.15. The van der Waals surface area contributed by atoms with Gasteiger partial charge < -0.3 is 5.32 Å². The van der Waals surface area contributed by atoms with Crippen LogP contribution in [0.25, 0.3) is 5.69 Å². The number of aromatic nitrogens is 2. The van der Waals surface area contributed by atoms with Crippen molar-refractivity contribution in [1.29, 1.82) is 5.26 Å². The Hall–Kier alpha value is -1.66. The van der Waals surface area contributed by atoms with Gasteiger partial charge in [0.05, 0.1) is 21.3 Å². The van der Waals surface area contributed by atoms with Gasteiger partial charge in [-0.2, -0.15) is 23.5 Å². The van der Waals surface area contributed by atoms with Crippen molar-refractivity contribution in [2.24, 2.45) is 5.92 Å². The fraction of sp³-hybridized carbons (Fsp3) is 0.421. The Morgan fingerprint density at radius 2 is 1.84 bits per heavy atom. The number of alkyl halides is 5. The van der Waals surface area contributed by atoms with Crippen LogP contribution in [-0.2, 0) is 16.4 Å². The molecular formula is C19H13Cl4F3N4O. The molecule has 0 bridgehead atoms. The molecular weight excluding hydrogens is 499 g/mol. The summed E-state index contributed by atoms with van der Waals surface area (Å²) in [6, 6.07) is 3.40. The zero-order valence-electron chi connectivity index (χ0n) is 15.7. The smallest absolute Gasteiger partial charge is 0.309 e. The molecule has 31 heavy (non-hydrogen) atoms. The van der Waals surface area contributed by atoms with Gasteiger partial charge in [0.15, 0.2) is 5.82 Å². The molecule has 0 spiro atoms. The first-order valence-electron chi connectivity index (χ1n) is 9.09. The third-order valence-corrected chi connectivity index (χ3v) is 7.20. The van der Waals surface area contributed by atoms with E-state index in [-0.39, 0.29) is 44.6 Å². The minimum absolute atomic E-state index is 0.00768. The molecule has 0 saturated heterocycles. The average Bonchev–Trinajstić information content (AvgIpc) is 3.53. The number of halogens is 7. The number of amides is 1. The van der Waals surface area contributed by atoms with E-state index in [9.17, 15) is 23.2 Å². The van der Waals surface area contributed by atoms with Crippen LogP contribution in [0.5, 0.6) is 0 Å². The Bertz CT molecular complexity index is 1130. The largest absolute Gasteiger partial charge is 0.416 e. The second-order valence-corrected chi connectivity index (χ2v) is 10.2. The van der Waals surface area contributed by atoms with E-state index in [0.29, 0.717) is 31.4 Å². The average molecular weight is 512 g/mol. The number of carbonyl (C=O) groups excluding carboxylic acids is 1. The molecule has 4 rings (SSSR count). The molecule has 2 aliphatic rings. The highest BCUT2D eigenvalue weighted by Crippen LogP contribution is 2.65. The van der Waals surface area contributed by atoms with Gasteiger partial charge in [-0.3, -0.25) is 4.79 Å². The van der Waals surface area contributed by atoms with Crippen LogP contribution in [0.3, 0.4) is 0 Å². The van der Waals surface area contributed by atoms with Crippen LogP contribution in [0.4, 0.5) is 19.0 Å². The van der Waals surface area contributed by atoms with E-state index in [1.54, 1.807) is 6.92 Å². The highest BCUT2D eigenvalue weighted by atomic mass is 35.5. The standard InChI is InChI=1S/C19H13Cl4F3N4O/c1-17(7-18(17,22)23)14-10(6-27)15(28-16(31)8-2-3-8)30(29-14)13-11(20)4-9(5-12(13)21)19(24,25)26/h4-5,8H,2-3,7H2,1H3,(H,28,31). The number of nitrogens with zero attached hydrogens (tertiary/aromatic N) is 3. The molecule has 164 valence electrons. The minimum Gasteiger partial charge on any atom is -0.309 e. The number of hydrogen-bond acceptors (Lipinski definition) is 3. The summed E-state index contributed by atoms with van der Waals surface area (Å²) in [5.41, 5.74) is -1.87. The summed E-state index contributed by atoms with van der Waals surface area (Å²) < 4.78 is 39.3. The first kappa shape index (κ1) is 22.5. The van der Waals surface area contributed by atoms with E-state index >= 15 is 0 Å². The van der Waals surface area contributed by atoms with Crippen molar-refractivity contribution in [2.75, 3.05) is 5.32 Å². The second kappa shape index (κ2) is 7.17. The van der Waals surface area contributed by atoms with Crippen LogP contribution in [0, 0.1) is 17.2 Å². The molecule has 5 nitrogen and oxygen atoms in total. The van der Waals surface area contributed by atoms with Crippen LogP contribution >= 0.6 is 46.4 Å². The van der Waals surface area contributed by atoms with Gasteiger partial charge in [-0.15, -0.1) is 23.2 Å². The van der Waals surface area contributed by atoms with Crippen molar-refractivity contribution in [3.63, 3.8) is 0 Å². The Morgan fingerprint density at radius 1 is 1.29 bits per heavy atom. The summed E-state index contributed by atoms with van der Waals surface area (Å²) in [4.78, 5) is 12.5. The van der Waals surface area contributed by atoms with E-state index in [1.165, 1.54) is 0 Å². The quantitative estimate of drug-likeness (QED) is 0.493. The highest BCUT2D eigenvalue weighted by molar-refractivity contribution is 6.52. The maximum absolute atomic E-state index is 13.1. The molecule has 2 aliphatic carbocycles. The molecule has 2 fully saturated rings. The maximum atomic E-state index is 13.1. The van der Waals surface area contributed by atoms with Crippen LogP contribution in [0.2, 0.25) is 10.0 Å². The summed E-state index contributed by atoms with van der Waals surface area (Å²) in [5, 5.41) is 16.1. The summed E-state index contributed by atoms with van der Waals surface area (Å²) in [6.45, 7) is 1.70. The summed E-state index contributed by atoms with van der Waals surface area (Å²) >= 11 is 24.8. The van der Waals surface area contributed by atoms with Crippen LogP contribution in [0.1, 0.15) is 43.0 Å². The number of carbonyl (C=O) groups is 1. The maximum Gasteiger partial charge on any atom is 0.416 e. The monoisotopic (exact) mass is 510 g/mol. The van der Waals surface area contributed by atoms with Crippen molar-refractivity contribution in [2.45, 2.75) is 42.1 Å². The van der Waals surface area contributed by atoms with Crippen molar-refractivity contribution in [3.8, 4) is 11.8 Å². The van der Waals surface area contributed by atoms with Gasteiger partial charge in [0.25, 0.3) is 0 Å². The van der Waals surface area contributed by atoms with Crippen LogP contribution < -0.4 is 5.32 Å². The molecule has 1 amide bonds. The summed E-state index contributed by atoms with van der Waals surface area (Å²) in [5.74, 6) is -0.601. The molecule has 0 radical (unpaired) electrons. The zero-order valence-corrected chi connectivity index (χ0v) is 18.8. The van der Waals surface area contributed by atoms with Gasteiger partial charge in [0.1, 0.15) is 21.7 Å². The third-order valence-electron chi connectivity index (χ3n) is 5.52. The van der Waals surface area contributed by atoms with Gasteiger partial charge in [0.2, 0.25) is 5.91 Å². The van der Waals surface area contributed by atoms with Gasteiger partial charge in [-0.05, 0) is 31.4 Å². The predicted octanol–water partition coefficient (Wildman–Crippen LogP) is 6.25. The van der Waals surface area contributed by atoms with E-state index in [1.807, 2.05) is 6.07 Å². The van der Waals surface area contributed by atoms with Gasteiger partial charge >= 0.3 is 6.18 Å². The minimum atomic E-state index is -4.67. The SMILES string of the molecule is CC1(c2nn(-c3c(Cl)cc(C(F)(F)F)cc3Cl)c(NC(=O)C3CC3)c2C#N)CC1(Cl)Cl. The first-order valence-corrected chi connectivity index (χ1v) is 10.6. The summed E-state index contributed by atoms with van der Waals surface area (Å²) in [6.07, 6.45) is -2.99. The fourth-order valence-corrected chi connectivity index (χ4v) is 4.70. The normalized spacial score (nSPS) is 22.2. The predicted molar refractivity (Wildman–Crippen MR) is 111 cm³/mol. The number of benzene rings is 1. The van der Waals surface area contributed by atoms with Crippen molar-refractivity contribution < 1.29 is 18.0 Å². The number of nitriles is 1. The molecule has 2 saturated carbocycles. The zero-order chi connectivity index (χ0) is 22.9. The molecule has 1 aromatic heterocycles. The number of rotatable bonds is 4. The lowest BCUT2D eigenvalue weighted by atomic mass is 10.0. The highest BCUT2D eigenvalue weighted by Gasteiger charge is 2.66. The van der Waals surface area contributed by atoms with Crippen molar-refractivity contribution in [1.82, 2.24) is 9.78 Å². The Morgan fingerprint density at radius 3 is 2.26 bits per heavy atom. The van der Waals surface area contributed by atoms with E-state index in [4.69, 9.17) is 46.4 Å². The Balaban J connectivity index is 1.92. The Kier molecular flexibility index (Phi) is 5.21. The fourth-order valence-electron chi connectivity index (χ4n) is 3.34. The topological polar surface area (TPSA) is 70.7 Å². The van der Waals surface area contributed by atoms with Crippen molar-refractivity contribution >= 4 is 58.1 Å². The lowest BCUT2D eigenvalue weighted by Crippen LogP contribution is -2.17. The third kappa shape index (κ3) is 3.76. The number of anilines is 1. The molecule has 1 unspecified atom stereocenters. The molecule has 2 aromatic rings. The molecule has 12 heteroatoms. The first-order chi connectivity index (χ1) is 14.3. The van der Waals surface area contributed by atoms with E-state index in [2.05, 4.69) is 10.4 Å². The molecule has 1 aromatic carbocycles.